The number of H-pyrrole nitrogens is 1. The van der Waals surface area contributed by atoms with Crippen LogP contribution in [0.1, 0.15) is 40.1 Å². The Kier molecular flexibility index (Phi) is 4.39. The lowest BCUT2D eigenvalue weighted by molar-refractivity contribution is 0.0672. The number of hydrogen-bond acceptors (Lipinski definition) is 4. The normalized spacial score (nSPS) is 16.3. The molecule has 3 aromatic rings. The molecule has 1 unspecified atom stereocenters. The van der Waals surface area contributed by atoms with Crippen LogP contribution in [0.4, 0.5) is 4.39 Å². The summed E-state index contributed by atoms with van der Waals surface area (Å²) in [5.74, 6) is -0.714. The summed E-state index contributed by atoms with van der Waals surface area (Å²) >= 11 is 5.99. The molecule has 6 nitrogen and oxygen atoms in total. The molecule has 1 amide bonds. The van der Waals surface area contributed by atoms with Gasteiger partial charge in [-0.25, -0.2) is 14.4 Å². The average Bonchev–Trinajstić information content (AvgIpc) is 3.20. The minimum Gasteiger partial charge on any atom is -0.330 e. The van der Waals surface area contributed by atoms with E-state index in [0.717, 1.165) is 22.6 Å². The number of nitrogens with one attached hydrogen (secondary N) is 1. The molecular weight excluding hydrogens is 369 g/mol. The third kappa shape index (κ3) is 2.88. The van der Waals surface area contributed by atoms with Crippen LogP contribution in [0.3, 0.4) is 0 Å². The van der Waals surface area contributed by atoms with Crippen molar-refractivity contribution in [1.82, 2.24) is 25.1 Å². The number of aromatic amines is 1. The molecule has 138 valence electrons. The smallest absolute Gasteiger partial charge is 0.254 e. The number of amides is 1. The third-order valence-electron chi connectivity index (χ3n) is 5.03. The van der Waals surface area contributed by atoms with Crippen molar-refractivity contribution >= 4 is 17.5 Å². The number of carbonyl (C=O) groups excluding carboxylic acids is 1. The fourth-order valence-corrected chi connectivity index (χ4v) is 3.71. The first-order valence-electron chi connectivity index (χ1n) is 8.58. The minimum atomic E-state index is -0.528. The number of hydrogen-bond donors (Lipinski definition) is 1. The van der Waals surface area contributed by atoms with E-state index in [1.807, 2.05) is 13.0 Å². The zero-order valence-corrected chi connectivity index (χ0v) is 15.6. The topological polar surface area (TPSA) is 74.8 Å². The van der Waals surface area contributed by atoms with E-state index in [0.29, 0.717) is 24.1 Å². The van der Waals surface area contributed by atoms with Crippen LogP contribution in [0.15, 0.2) is 30.7 Å². The van der Waals surface area contributed by atoms with Gasteiger partial charge in [-0.05, 0) is 44.0 Å². The standard InChI is InChI=1S/C19H17ClFN5O/c1-10-12(3-4-14(21)16(10)20)19(27)26-8-6-13-17(11(26)2)22-9-23-18(13)15-5-7-24-25-15/h3-5,7,9,11H,6,8H2,1-2H3,(H,24,25). The number of carbonyl (C=O) groups is 1. The van der Waals surface area contributed by atoms with Crippen LogP contribution in [-0.4, -0.2) is 37.5 Å². The Morgan fingerprint density at radius 2 is 2.15 bits per heavy atom. The SMILES string of the molecule is Cc1c(C(=O)N2CCc3c(-c4ccn[nH]4)ncnc3C2C)ccc(F)c1Cl. The molecule has 0 saturated carbocycles. The van der Waals surface area contributed by atoms with Gasteiger partial charge in [-0.15, -0.1) is 0 Å². The number of benzene rings is 1. The number of rotatable bonds is 2. The summed E-state index contributed by atoms with van der Waals surface area (Å²) < 4.78 is 13.6. The fraction of sp³-hybridized carbons (Fsp3) is 0.263. The first kappa shape index (κ1) is 17.6. The molecule has 1 atom stereocenters. The van der Waals surface area contributed by atoms with Gasteiger partial charge in [0.05, 0.1) is 28.1 Å². The van der Waals surface area contributed by atoms with Crippen molar-refractivity contribution < 1.29 is 9.18 Å². The zero-order valence-electron chi connectivity index (χ0n) is 14.8. The van der Waals surface area contributed by atoms with Crippen LogP contribution < -0.4 is 0 Å². The van der Waals surface area contributed by atoms with Gasteiger partial charge in [-0.1, -0.05) is 11.6 Å². The first-order chi connectivity index (χ1) is 13.0. The molecule has 2 aromatic heterocycles. The minimum absolute atomic E-state index is 0.0187. The molecule has 8 heteroatoms. The van der Waals surface area contributed by atoms with Crippen molar-refractivity contribution in [3.8, 4) is 11.4 Å². The molecule has 0 bridgehead atoms. The Morgan fingerprint density at radius 1 is 1.33 bits per heavy atom. The highest BCUT2D eigenvalue weighted by molar-refractivity contribution is 6.32. The quantitative estimate of drug-likeness (QED) is 0.729. The van der Waals surface area contributed by atoms with Gasteiger partial charge < -0.3 is 4.90 Å². The van der Waals surface area contributed by atoms with Crippen LogP contribution in [0.25, 0.3) is 11.4 Å². The summed E-state index contributed by atoms with van der Waals surface area (Å²) in [5, 5.41) is 6.89. The summed E-state index contributed by atoms with van der Waals surface area (Å²) in [4.78, 5) is 23.7. The molecule has 1 aliphatic heterocycles. The van der Waals surface area contributed by atoms with E-state index in [4.69, 9.17) is 11.6 Å². The number of nitrogens with zero attached hydrogens (tertiary/aromatic N) is 4. The maximum Gasteiger partial charge on any atom is 0.254 e. The highest BCUT2D eigenvalue weighted by atomic mass is 35.5. The summed E-state index contributed by atoms with van der Waals surface area (Å²) in [5.41, 5.74) is 4.28. The predicted molar refractivity (Wildman–Crippen MR) is 98.9 cm³/mol. The molecule has 0 spiro atoms. The third-order valence-corrected chi connectivity index (χ3v) is 5.50. The Labute approximate surface area is 160 Å². The van der Waals surface area contributed by atoms with Crippen molar-refractivity contribution in [3.05, 3.63) is 63.9 Å². The van der Waals surface area contributed by atoms with Crippen LogP contribution >= 0.6 is 11.6 Å². The summed E-state index contributed by atoms with van der Waals surface area (Å²) in [7, 11) is 0. The monoisotopic (exact) mass is 385 g/mol. The van der Waals surface area contributed by atoms with Crippen molar-refractivity contribution in [2.75, 3.05) is 6.54 Å². The lowest BCUT2D eigenvalue weighted by Crippen LogP contribution is -2.40. The first-order valence-corrected chi connectivity index (χ1v) is 8.96. The van der Waals surface area contributed by atoms with E-state index < -0.39 is 5.82 Å². The van der Waals surface area contributed by atoms with Gasteiger partial charge >= 0.3 is 0 Å². The maximum atomic E-state index is 13.6. The lowest BCUT2D eigenvalue weighted by Gasteiger charge is -2.35. The molecule has 0 saturated heterocycles. The molecule has 1 aromatic carbocycles. The number of halogens is 2. The second-order valence-electron chi connectivity index (χ2n) is 6.51. The fourth-order valence-electron chi connectivity index (χ4n) is 3.54. The van der Waals surface area contributed by atoms with Crippen molar-refractivity contribution in [3.63, 3.8) is 0 Å². The molecule has 3 heterocycles. The van der Waals surface area contributed by atoms with E-state index in [1.165, 1.54) is 18.5 Å². The zero-order chi connectivity index (χ0) is 19.1. The molecule has 4 rings (SSSR count). The van der Waals surface area contributed by atoms with E-state index in [2.05, 4.69) is 20.2 Å². The van der Waals surface area contributed by atoms with Gasteiger partial charge in [0, 0.05) is 23.9 Å². The van der Waals surface area contributed by atoms with Crippen LogP contribution in [0.5, 0.6) is 0 Å². The van der Waals surface area contributed by atoms with Crippen LogP contribution in [-0.2, 0) is 6.42 Å². The molecular formula is C19H17ClFN5O. The Morgan fingerprint density at radius 3 is 2.89 bits per heavy atom. The molecule has 0 aliphatic carbocycles. The Hall–Kier alpha value is -2.80. The number of aromatic nitrogens is 4. The van der Waals surface area contributed by atoms with E-state index >= 15 is 0 Å². The van der Waals surface area contributed by atoms with E-state index in [9.17, 15) is 9.18 Å². The highest BCUT2D eigenvalue weighted by Gasteiger charge is 2.32. The lowest BCUT2D eigenvalue weighted by atomic mass is 9.95. The van der Waals surface area contributed by atoms with Crippen LogP contribution in [0.2, 0.25) is 5.02 Å². The van der Waals surface area contributed by atoms with Gasteiger partial charge in [-0.3, -0.25) is 9.89 Å². The van der Waals surface area contributed by atoms with Crippen molar-refractivity contribution in [2.24, 2.45) is 0 Å². The highest BCUT2D eigenvalue weighted by Crippen LogP contribution is 2.34. The van der Waals surface area contributed by atoms with Gasteiger partial charge in [-0.2, -0.15) is 5.10 Å². The number of fused-ring (bicyclic) bond motifs is 1. The summed E-state index contributed by atoms with van der Waals surface area (Å²) in [6, 6.07) is 4.32. The summed E-state index contributed by atoms with van der Waals surface area (Å²) in [6.07, 6.45) is 3.79. The van der Waals surface area contributed by atoms with Gasteiger partial charge in [0.1, 0.15) is 12.1 Å². The van der Waals surface area contributed by atoms with E-state index in [1.54, 1.807) is 18.0 Å². The predicted octanol–water partition coefficient (Wildman–Crippen LogP) is 3.73. The molecule has 1 aliphatic rings. The molecule has 27 heavy (non-hydrogen) atoms. The van der Waals surface area contributed by atoms with Gasteiger partial charge in [0.25, 0.3) is 5.91 Å². The van der Waals surface area contributed by atoms with Gasteiger partial charge in [0.2, 0.25) is 0 Å². The molecule has 0 fully saturated rings. The van der Waals surface area contributed by atoms with Crippen molar-refractivity contribution in [2.45, 2.75) is 26.3 Å². The molecule has 1 N–H and O–H groups in total. The molecule has 0 radical (unpaired) electrons. The summed E-state index contributed by atoms with van der Waals surface area (Å²) in [6.45, 7) is 4.09. The average molecular weight is 386 g/mol. The second-order valence-corrected chi connectivity index (χ2v) is 6.89. The van der Waals surface area contributed by atoms with Crippen molar-refractivity contribution in [1.29, 1.82) is 0 Å². The maximum absolute atomic E-state index is 13.6. The Balaban J connectivity index is 1.71. The van der Waals surface area contributed by atoms with E-state index in [-0.39, 0.29) is 17.0 Å². The van der Waals surface area contributed by atoms with Gasteiger partial charge in [0.15, 0.2) is 0 Å². The van der Waals surface area contributed by atoms with Crippen LogP contribution in [0, 0.1) is 12.7 Å². The largest absolute Gasteiger partial charge is 0.330 e. The second kappa shape index (κ2) is 6.74. The Bertz CT molecular complexity index is 1020.